The number of hydrogen-bond acceptors (Lipinski definition) is 3. The van der Waals surface area contributed by atoms with E-state index in [2.05, 4.69) is 39.9 Å². The van der Waals surface area contributed by atoms with E-state index in [0.717, 1.165) is 37.8 Å². The van der Waals surface area contributed by atoms with Crippen LogP contribution >= 0.6 is 11.6 Å². The lowest BCUT2D eigenvalue weighted by Gasteiger charge is -2.22. The lowest BCUT2D eigenvalue weighted by molar-refractivity contribution is -0.134. The van der Waals surface area contributed by atoms with Gasteiger partial charge in [0.1, 0.15) is 5.82 Å². The predicted octanol–water partition coefficient (Wildman–Crippen LogP) is 5.97. The fourth-order valence-corrected chi connectivity index (χ4v) is 3.55. The van der Waals surface area contributed by atoms with Gasteiger partial charge in [0.15, 0.2) is 0 Å². The van der Waals surface area contributed by atoms with Gasteiger partial charge in [0.2, 0.25) is 11.8 Å². The summed E-state index contributed by atoms with van der Waals surface area (Å²) in [5.74, 6) is 0.343. The Kier molecular flexibility index (Phi) is 9.76. The topological polar surface area (TPSA) is 67.2 Å². The van der Waals surface area contributed by atoms with Crippen molar-refractivity contribution in [1.82, 2.24) is 14.7 Å². The second kappa shape index (κ2) is 12.0. The van der Waals surface area contributed by atoms with Crippen molar-refractivity contribution in [2.75, 3.05) is 18.4 Å². The average molecular weight is 461 g/mol. The third-order valence-electron chi connectivity index (χ3n) is 5.29. The number of unbranched alkanes of at least 4 members (excludes halogenated alkanes) is 3. The maximum Gasteiger partial charge on any atom is 0.245 e. The number of anilines is 1. The van der Waals surface area contributed by atoms with Crippen LogP contribution < -0.4 is 5.32 Å². The summed E-state index contributed by atoms with van der Waals surface area (Å²) in [5.41, 5.74) is 1.33. The molecule has 0 saturated carbocycles. The summed E-state index contributed by atoms with van der Waals surface area (Å²) in [6, 6.07) is 9.27. The van der Waals surface area contributed by atoms with Gasteiger partial charge in [-0.05, 0) is 25.0 Å². The van der Waals surface area contributed by atoms with Crippen LogP contribution in [0.15, 0.2) is 30.3 Å². The number of rotatable bonds is 11. The molecule has 0 bridgehead atoms. The molecule has 1 heterocycles. The third kappa shape index (κ3) is 7.37. The monoisotopic (exact) mass is 460 g/mol. The molecular weight excluding hydrogens is 424 g/mol. The minimum atomic E-state index is -0.236. The first-order chi connectivity index (χ1) is 15.2. The van der Waals surface area contributed by atoms with Crippen molar-refractivity contribution in [2.45, 2.75) is 78.6 Å². The van der Waals surface area contributed by atoms with Crippen molar-refractivity contribution < 1.29 is 9.59 Å². The number of nitrogens with one attached hydrogen (secondary N) is 1. The first-order valence-corrected chi connectivity index (χ1v) is 12.0. The van der Waals surface area contributed by atoms with Gasteiger partial charge in [-0.15, -0.1) is 0 Å². The molecule has 0 unspecified atom stereocenters. The zero-order valence-corrected chi connectivity index (χ0v) is 20.8. The van der Waals surface area contributed by atoms with E-state index in [9.17, 15) is 9.59 Å². The first-order valence-electron chi connectivity index (χ1n) is 11.6. The van der Waals surface area contributed by atoms with Crippen molar-refractivity contribution in [3.63, 3.8) is 0 Å². The van der Waals surface area contributed by atoms with E-state index in [1.807, 2.05) is 24.3 Å². The summed E-state index contributed by atoms with van der Waals surface area (Å²) in [7, 11) is 0. The lowest BCUT2D eigenvalue weighted by atomic mass is 9.92. The molecule has 0 radical (unpaired) electrons. The summed E-state index contributed by atoms with van der Waals surface area (Å²) < 4.78 is 1.67. The molecule has 2 aromatic rings. The standard InChI is InChI=1S/C25H37ClN4O2/c1-6-8-12-16-29(24(32)15-9-7-2)18-23(31)27-22-17-21(25(3,4)5)28-30(22)20-14-11-10-13-19(20)26/h10-11,13-14,17H,6-9,12,15-16,18H2,1-5H3,(H,27,31). The minimum Gasteiger partial charge on any atom is -0.333 e. The average Bonchev–Trinajstić information content (AvgIpc) is 3.15. The van der Waals surface area contributed by atoms with Gasteiger partial charge in [0.05, 0.1) is 22.9 Å². The molecule has 0 aliphatic heterocycles. The van der Waals surface area contributed by atoms with Gasteiger partial charge in [-0.3, -0.25) is 9.59 Å². The molecule has 1 aromatic heterocycles. The molecular formula is C25H37ClN4O2. The molecule has 1 aromatic carbocycles. The SMILES string of the molecule is CCCCCN(CC(=O)Nc1cc(C(C)(C)C)nn1-c1ccccc1Cl)C(=O)CCCC. The highest BCUT2D eigenvalue weighted by Gasteiger charge is 2.23. The molecule has 0 aliphatic rings. The zero-order chi connectivity index (χ0) is 23.7. The van der Waals surface area contributed by atoms with Crippen LogP contribution in [-0.4, -0.2) is 39.6 Å². The van der Waals surface area contributed by atoms with Crippen LogP contribution in [0.25, 0.3) is 5.69 Å². The number of benzene rings is 1. The molecule has 0 atom stereocenters. The molecule has 6 nitrogen and oxygen atoms in total. The molecule has 0 fully saturated rings. The van der Waals surface area contributed by atoms with Gasteiger partial charge in [-0.1, -0.05) is 77.6 Å². The fourth-order valence-electron chi connectivity index (χ4n) is 3.33. The Morgan fingerprint density at radius 2 is 1.78 bits per heavy atom. The molecule has 0 saturated heterocycles. The van der Waals surface area contributed by atoms with E-state index in [4.69, 9.17) is 16.7 Å². The molecule has 0 spiro atoms. The van der Waals surface area contributed by atoms with Gasteiger partial charge >= 0.3 is 0 Å². The Hall–Kier alpha value is -2.34. The van der Waals surface area contributed by atoms with Gasteiger partial charge in [0, 0.05) is 24.4 Å². The largest absolute Gasteiger partial charge is 0.333 e. The number of aromatic nitrogens is 2. The summed E-state index contributed by atoms with van der Waals surface area (Å²) in [6.45, 7) is 11.0. The Balaban J connectivity index is 2.25. The fraction of sp³-hybridized carbons (Fsp3) is 0.560. The van der Waals surface area contributed by atoms with E-state index in [1.165, 1.54) is 0 Å². The number of hydrogen-bond donors (Lipinski definition) is 1. The Bertz CT molecular complexity index is 902. The maximum atomic E-state index is 13.0. The van der Waals surface area contributed by atoms with Crippen molar-refractivity contribution >= 4 is 29.2 Å². The van der Waals surface area contributed by atoms with E-state index < -0.39 is 0 Å². The molecule has 0 aliphatic carbocycles. The van der Waals surface area contributed by atoms with Crippen LogP contribution in [0.2, 0.25) is 5.02 Å². The molecule has 176 valence electrons. The van der Waals surface area contributed by atoms with Gasteiger partial charge < -0.3 is 10.2 Å². The van der Waals surface area contributed by atoms with Crippen molar-refractivity contribution in [3.8, 4) is 5.69 Å². The zero-order valence-electron chi connectivity index (χ0n) is 20.1. The number of carbonyl (C=O) groups excluding carboxylic acids is 2. The summed E-state index contributed by atoms with van der Waals surface area (Å²) in [5, 5.41) is 8.23. The van der Waals surface area contributed by atoms with E-state index in [0.29, 0.717) is 29.5 Å². The summed E-state index contributed by atoms with van der Waals surface area (Å²) >= 11 is 6.41. The molecule has 7 heteroatoms. The van der Waals surface area contributed by atoms with Crippen molar-refractivity contribution in [3.05, 3.63) is 41.0 Å². The number of nitrogens with zero attached hydrogens (tertiary/aromatic N) is 3. The molecule has 2 amide bonds. The quantitative estimate of drug-likeness (QED) is 0.420. The number of amides is 2. The lowest BCUT2D eigenvalue weighted by Crippen LogP contribution is -2.38. The molecule has 2 rings (SSSR count). The minimum absolute atomic E-state index is 0.0326. The number of carbonyl (C=O) groups is 2. The maximum absolute atomic E-state index is 13.0. The molecule has 1 N–H and O–H groups in total. The van der Waals surface area contributed by atoms with Gasteiger partial charge in [-0.25, -0.2) is 4.68 Å². The summed E-state index contributed by atoms with van der Waals surface area (Å²) in [6.07, 6.45) is 5.25. The van der Waals surface area contributed by atoms with Crippen LogP contribution in [-0.2, 0) is 15.0 Å². The van der Waals surface area contributed by atoms with Gasteiger partial charge in [0.25, 0.3) is 0 Å². The highest BCUT2D eigenvalue weighted by molar-refractivity contribution is 6.32. The smallest absolute Gasteiger partial charge is 0.245 e. The second-order valence-corrected chi connectivity index (χ2v) is 9.61. The number of halogens is 1. The highest BCUT2D eigenvalue weighted by atomic mass is 35.5. The predicted molar refractivity (Wildman–Crippen MR) is 132 cm³/mol. The normalized spacial score (nSPS) is 11.4. The van der Waals surface area contributed by atoms with E-state index >= 15 is 0 Å². The second-order valence-electron chi connectivity index (χ2n) is 9.20. The van der Waals surface area contributed by atoms with Gasteiger partial charge in [-0.2, -0.15) is 5.10 Å². The van der Waals surface area contributed by atoms with Crippen LogP contribution in [0.3, 0.4) is 0 Å². The third-order valence-corrected chi connectivity index (χ3v) is 5.61. The van der Waals surface area contributed by atoms with Crippen molar-refractivity contribution in [1.29, 1.82) is 0 Å². The molecule has 32 heavy (non-hydrogen) atoms. The Morgan fingerprint density at radius 3 is 2.41 bits per heavy atom. The van der Waals surface area contributed by atoms with Crippen LogP contribution in [0.5, 0.6) is 0 Å². The summed E-state index contributed by atoms with van der Waals surface area (Å²) in [4.78, 5) is 27.3. The number of para-hydroxylation sites is 1. The Labute approximate surface area is 197 Å². The first kappa shape index (κ1) is 25.9. The highest BCUT2D eigenvalue weighted by Crippen LogP contribution is 2.29. The van der Waals surface area contributed by atoms with Crippen LogP contribution in [0.1, 0.15) is 78.8 Å². The van der Waals surface area contributed by atoms with Crippen LogP contribution in [0, 0.1) is 0 Å². The van der Waals surface area contributed by atoms with E-state index in [-0.39, 0.29) is 23.8 Å². The Morgan fingerprint density at radius 1 is 1.09 bits per heavy atom. The van der Waals surface area contributed by atoms with Crippen LogP contribution in [0.4, 0.5) is 5.82 Å². The van der Waals surface area contributed by atoms with Crippen molar-refractivity contribution in [2.24, 2.45) is 0 Å². The van der Waals surface area contributed by atoms with E-state index in [1.54, 1.807) is 15.6 Å².